The van der Waals surface area contributed by atoms with Crippen molar-refractivity contribution in [2.45, 2.75) is 23.3 Å². The highest BCUT2D eigenvalue weighted by Crippen LogP contribution is 2.27. The fourth-order valence-electron chi connectivity index (χ4n) is 2.65. The van der Waals surface area contributed by atoms with Gasteiger partial charge < -0.3 is 10.1 Å². The van der Waals surface area contributed by atoms with E-state index in [0.717, 1.165) is 29.7 Å². The predicted molar refractivity (Wildman–Crippen MR) is 110 cm³/mol. The van der Waals surface area contributed by atoms with Crippen LogP contribution in [0.25, 0.3) is 10.2 Å². The standard InChI is InChI=1S/C17H17N5O3S3/c23-13(18-8-10-4-3-7-25-10)9-26-17-22-21-16(28-17)20-14(24)15-19-11-5-1-2-6-12(11)27-15/h1-2,5-6,10H,3-4,7-9H2,(H,18,23)(H,20,21,24). The van der Waals surface area contributed by atoms with Crippen LogP contribution in [0.1, 0.15) is 22.6 Å². The first-order chi connectivity index (χ1) is 13.7. The molecule has 8 nitrogen and oxygen atoms in total. The molecule has 1 fully saturated rings. The van der Waals surface area contributed by atoms with Gasteiger partial charge in [0.05, 0.1) is 22.1 Å². The van der Waals surface area contributed by atoms with Crippen LogP contribution in [-0.4, -0.2) is 52.0 Å². The van der Waals surface area contributed by atoms with Crippen LogP contribution in [-0.2, 0) is 9.53 Å². The number of anilines is 1. The molecular formula is C17H17N5O3S3. The molecule has 11 heteroatoms. The van der Waals surface area contributed by atoms with Crippen LogP contribution in [0.2, 0.25) is 0 Å². The van der Waals surface area contributed by atoms with Gasteiger partial charge in [0, 0.05) is 13.2 Å². The van der Waals surface area contributed by atoms with Crippen molar-refractivity contribution in [3.63, 3.8) is 0 Å². The number of amides is 2. The summed E-state index contributed by atoms with van der Waals surface area (Å²) < 4.78 is 7.05. The van der Waals surface area contributed by atoms with E-state index in [9.17, 15) is 9.59 Å². The van der Waals surface area contributed by atoms with Gasteiger partial charge in [-0.05, 0) is 25.0 Å². The summed E-state index contributed by atoms with van der Waals surface area (Å²) >= 11 is 3.84. The Labute approximate surface area is 173 Å². The number of thioether (sulfide) groups is 1. The summed E-state index contributed by atoms with van der Waals surface area (Å²) in [4.78, 5) is 28.6. The fraction of sp³-hybridized carbons (Fsp3) is 0.353. The van der Waals surface area contributed by atoms with Crippen molar-refractivity contribution in [1.82, 2.24) is 20.5 Å². The summed E-state index contributed by atoms with van der Waals surface area (Å²) in [5.74, 6) is -0.147. The van der Waals surface area contributed by atoms with Gasteiger partial charge in [-0.1, -0.05) is 35.2 Å². The molecule has 3 aromatic rings. The number of ether oxygens (including phenoxy) is 1. The quantitative estimate of drug-likeness (QED) is 0.434. The molecule has 4 rings (SSSR count). The number of carbonyl (C=O) groups excluding carboxylic acids is 2. The zero-order valence-corrected chi connectivity index (χ0v) is 17.2. The zero-order valence-electron chi connectivity index (χ0n) is 14.7. The van der Waals surface area contributed by atoms with Gasteiger partial charge in [-0.15, -0.1) is 21.5 Å². The minimum absolute atomic E-state index is 0.0734. The van der Waals surface area contributed by atoms with Crippen LogP contribution in [0.15, 0.2) is 28.6 Å². The number of aromatic nitrogens is 3. The van der Waals surface area contributed by atoms with Gasteiger partial charge in [0.2, 0.25) is 11.0 Å². The molecular weight excluding hydrogens is 418 g/mol. The fourth-order valence-corrected chi connectivity index (χ4v) is 5.09. The number of benzene rings is 1. The molecule has 1 aromatic carbocycles. The number of para-hydroxylation sites is 1. The van der Waals surface area contributed by atoms with Crippen LogP contribution in [0, 0.1) is 0 Å². The average Bonchev–Trinajstić information content (AvgIpc) is 3.44. The Morgan fingerprint density at radius 2 is 2.14 bits per heavy atom. The van der Waals surface area contributed by atoms with Crippen LogP contribution < -0.4 is 10.6 Å². The minimum Gasteiger partial charge on any atom is -0.376 e. The van der Waals surface area contributed by atoms with Crippen molar-refractivity contribution in [3.8, 4) is 0 Å². The lowest BCUT2D eigenvalue weighted by Crippen LogP contribution is -2.32. The van der Waals surface area contributed by atoms with Crippen molar-refractivity contribution in [1.29, 1.82) is 0 Å². The molecule has 1 saturated heterocycles. The van der Waals surface area contributed by atoms with Gasteiger partial charge >= 0.3 is 0 Å². The number of fused-ring (bicyclic) bond motifs is 1. The monoisotopic (exact) mass is 435 g/mol. The van der Waals surface area contributed by atoms with E-state index in [2.05, 4.69) is 25.8 Å². The number of rotatable bonds is 7. The second-order valence-corrected chi connectivity index (χ2v) is 9.27. The van der Waals surface area contributed by atoms with Crippen molar-refractivity contribution in [2.75, 3.05) is 24.2 Å². The van der Waals surface area contributed by atoms with E-state index in [0.29, 0.717) is 21.0 Å². The molecule has 1 aliphatic rings. The van der Waals surface area contributed by atoms with E-state index >= 15 is 0 Å². The summed E-state index contributed by atoms with van der Waals surface area (Å²) in [7, 11) is 0. The molecule has 0 spiro atoms. The van der Waals surface area contributed by atoms with Crippen LogP contribution in [0.5, 0.6) is 0 Å². The Hall–Kier alpha value is -2.08. The van der Waals surface area contributed by atoms with Gasteiger partial charge in [-0.3, -0.25) is 14.9 Å². The Morgan fingerprint density at radius 3 is 2.96 bits per heavy atom. The molecule has 1 atom stereocenters. The normalized spacial score (nSPS) is 16.4. The number of thiazole rings is 1. The van der Waals surface area contributed by atoms with E-state index in [1.165, 1.54) is 34.4 Å². The van der Waals surface area contributed by atoms with Gasteiger partial charge in [0.1, 0.15) is 0 Å². The highest BCUT2D eigenvalue weighted by atomic mass is 32.2. The molecule has 0 saturated carbocycles. The molecule has 146 valence electrons. The van der Waals surface area contributed by atoms with E-state index in [1.54, 1.807) is 0 Å². The molecule has 0 aliphatic carbocycles. The van der Waals surface area contributed by atoms with Crippen LogP contribution in [0.3, 0.4) is 0 Å². The first-order valence-electron chi connectivity index (χ1n) is 8.69. The molecule has 0 bridgehead atoms. The molecule has 2 aromatic heterocycles. The first kappa shape index (κ1) is 19.2. The smallest absolute Gasteiger partial charge is 0.286 e. The van der Waals surface area contributed by atoms with Crippen LogP contribution in [0.4, 0.5) is 5.13 Å². The second kappa shape index (κ2) is 8.95. The van der Waals surface area contributed by atoms with Gasteiger partial charge in [-0.25, -0.2) is 4.98 Å². The largest absolute Gasteiger partial charge is 0.376 e. The number of hydrogen-bond donors (Lipinski definition) is 2. The molecule has 28 heavy (non-hydrogen) atoms. The topological polar surface area (TPSA) is 106 Å². The lowest BCUT2D eigenvalue weighted by molar-refractivity contribution is -0.119. The number of hydrogen-bond acceptors (Lipinski definition) is 9. The Balaban J connectivity index is 1.26. The summed E-state index contributed by atoms with van der Waals surface area (Å²) in [5.41, 5.74) is 0.792. The lowest BCUT2D eigenvalue weighted by Gasteiger charge is -2.09. The summed E-state index contributed by atoms with van der Waals surface area (Å²) in [6, 6.07) is 7.59. The number of nitrogens with zero attached hydrogens (tertiary/aromatic N) is 3. The summed E-state index contributed by atoms with van der Waals surface area (Å²) in [6.07, 6.45) is 2.16. The molecule has 2 N–H and O–H groups in total. The highest BCUT2D eigenvalue weighted by Gasteiger charge is 2.17. The first-order valence-corrected chi connectivity index (χ1v) is 11.3. The van der Waals surface area contributed by atoms with Crippen molar-refractivity contribution in [2.24, 2.45) is 0 Å². The third kappa shape index (κ3) is 4.85. The Bertz CT molecular complexity index is 950. The zero-order chi connectivity index (χ0) is 19.3. The molecule has 2 amide bonds. The maximum Gasteiger partial charge on any atom is 0.286 e. The van der Waals surface area contributed by atoms with Crippen LogP contribution >= 0.6 is 34.4 Å². The van der Waals surface area contributed by atoms with Crippen molar-refractivity contribution < 1.29 is 14.3 Å². The van der Waals surface area contributed by atoms with Gasteiger partial charge in [-0.2, -0.15) is 0 Å². The van der Waals surface area contributed by atoms with Crippen molar-refractivity contribution in [3.05, 3.63) is 29.3 Å². The average molecular weight is 436 g/mol. The Kier molecular flexibility index (Phi) is 6.15. The van der Waals surface area contributed by atoms with E-state index in [4.69, 9.17) is 4.74 Å². The second-order valence-electron chi connectivity index (χ2n) is 6.04. The minimum atomic E-state index is -0.316. The molecule has 0 radical (unpaired) electrons. The lowest BCUT2D eigenvalue weighted by atomic mass is 10.2. The summed E-state index contributed by atoms with van der Waals surface area (Å²) in [5, 5.41) is 14.3. The third-order valence-electron chi connectivity index (χ3n) is 3.99. The third-order valence-corrected chi connectivity index (χ3v) is 7.00. The molecule has 3 heterocycles. The SMILES string of the molecule is O=C(CSc1nnc(NC(=O)c2nc3ccccc3s2)s1)NCC1CCCO1. The number of nitrogens with one attached hydrogen (secondary N) is 2. The molecule has 1 unspecified atom stereocenters. The summed E-state index contributed by atoms with van der Waals surface area (Å²) in [6.45, 7) is 1.31. The maximum atomic E-state index is 12.4. The maximum absolute atomic E-state index is 12.4. The van der Waals surface area contributed by atoms with E-state index < -0.39 is 0 Å². The van der Waals surface area contributed by atoms with E-state index in [-0.39, 0.29) is 23.7 Å². The van der Waals surface area contributed by atoms with Crippen molar-refractivity contribution >= 4 is 61.6 Å². The number of carbonyl (C=O) groups is 2. The van der Waals surface area contributed by atoms with Gasteiger partial charge in [0.15, 0.2) is 9.35 Å². The highest BCUT2D eigenvalue weighted by molar-refractivity contribution is 8.01. The van der Waals surface area contributed by atoms with E-state index in [1.807, 2.05) is 24.3 Å². The molecule has 1 aliphatic heterocycles. The predicted octanol–water partition coefficient (Wildman–Crippen LogP) is 2.79. The Morgan fingerprint density at radius 1 is 1.25 bits per heavy atom. The van der Waals surface area contributed by atoms with Gasteiger partial charge in [0.25, 0.3) is 5.91 Å².